The van der Waals surface area contributed by atoms with E-state index in [1.807, 2.05) is 0 Å². The molecule has 0 saturated carbocycles. The van der Waals surface area contributed by atoms with Crippen molar-refractivity contribution in [3.8, 4) is 0 Å². The van der Waals surface area contributed by atoms with Gasteiger partial charge in [0.1, 0.15) is 19.8 Å². The Hall–Kier alpha value is -8.38. The average Bonchev–Trinajstić information content (AvgIpc) is 3.63. The standard InChI is InChI=1S/C21H21N3O15.C9H15N3O6.C4H2O3/c25-13(26)1-4-16(31)37-10-7-22-19(34)23(8-11-38-17(32)5-2-14(27)28)21(36)24(20(22)35)9-12-39-18(33)6-3-15(29)30;13-4-1-10-7(16)11(2-5-14)9(18)12(3-6-15)8(10)17;5-3-1-2-4(6)7-3/h1-6H,7-12H2,(H,25,26)(H,27,28)(H,29,30);13-15H,1-6H2;1-2H/b4-1+,5-2+,6-3+;;. The molecule has 3 heterocycles. The summed E-state index contributed by atoms with van der Waals surface area (Å²) in [6, 6.07) is 0. The lowest BCUT2D eigenvalue weighted by atomic mass is 10.5. The second kappa shape index (κ2) is 27.5. The molecule has 0 saturated heterocycles. The molecule has 0 radical (unpaired) electrons. The summed E-state index contributed by atoms with van der Waals surface area (Å²) in [7, 11) is 0. The van der Waals surface area contributed by atoms with Crippen molar-refractivity contribution in [2.75, 3.05) is 39.6 Å². The van der Waals surface area contributed by atoms with Gasteiger partial charge < -0.3 is 49.6 Å². The number of cyclic esters (lactones) is 2. The summed E-state index contributed by atoms with van der Waals surface area (Å²) in [4.78, 5) is 159. The number of nitrogens with zero attached hydrogens (tertiary/aromatic N) is 6. The third kappa shape index (κ3) is 18.1. The van der Waals surface area contributed by atoms with Crippen molar-refractivity contribution in [3.05, 3.63) is 112 Å². The SMILES string of the molecule is O=C(O)/C=C/C(=O)OCCn1c(=O)n(CCOC(=O)/C=C/C(=O)O)c(=O)n(CCOC(=O)/C=C/C(=O)O)c1=O.O=C1C=CC(=O)O1.O=c1n(CCO)c(=O)n(CCO)c(=O)n1CCO. The zero-order chi connectivity index (χ0) is 48.5. The number of carboxylic acids is 3. The van der Waals surface area contributed by atoms with Crippen molar-refractivity contribution in [1.29, 1.82) is 0 Å². The van der Waals surface area contributed by atoms with Crippen molar-refractivity contribution >= 4 is 47.8 Å². The Morgan fingerprint density at radius 3 is 0.797 bits per heavy atom. The highest BCUT2D eigenvalue weighted by molar-refractivity contribution is 6.05. The summed E-state index contributed by atoms with van der Waals surface area (Å²) in [6.07, 6.45) is 5.36. The Bertz CT molecular complexity index is 2240. The second-order valence-electron chi connectivity index (χ2n) is 11.4. The molecule has 2 aromatic rings. The van der Waals surface area contributed by atoms with E-state index in [0.29, 0.717) is 63.9 Å². The quantitative estimate of drug-likeness (QED) is 0.0293. The van der Waals surface area contributed by atoms with E-state index in [0.717, 1.165) is 12.2 Å². The summed E-state index contributed by atoms with van der Waals surface area (Å²) >= 11 is 0. The molecular formula is C34H38N6O24. The average molecular weight is 915 g/mol. The number of carbonyl (C=O) groups excluding carboxylic acids is 5. The van der Waals surface area contributed by atoms with Crippen LogP contribution in [0.5, 0.6) is 0 Å². The van der Waals surface area contributed by atoms with Crippen LogP contribution in [-0.4, -0.2) is 145 Å². The van der Waals surface area contributed by atoms with Gasteiger partial charge in [-0.1, -0.05) is 0 Å². The molecule has 2 aromatic heterocycles. The Morgan fingerprint density at radius 2 is 0.625 bits per heavy atom. The summed E-state index contributed by atoms with van der Waals surface area (Å²) in [5.74, 6) is -8.79. The lowest BCUT2D eigenvalue weighted by Crippen LogP contribution is -2.55. The number of aliphatic hydroxyl groups excluding tert-OH is 3. The van der Waals surface area contributed by atoms with Crippen LogP contribution < -0.4 is 34.1 Å². The van der Waals surface area contributed by atoms with Gasteiger partial charge in [0.05, 0.1) is 59.1 Å². The summed E-state index contributed by atoms with van der Waals surface area (Å²) in [6.45, 7) is -5.73. The zero-order valence-electron chi connectivity index (χ0n) is 32.8. The topological polar surface area (TPSA) is 427 Å². The molecule has 30 nitrogen and oxygen atoms in total. The molecule has 0 aliphatic carbocycles. The van der Waals surface area contributed by atoms with Gasteiger partial charge in [0.15, 0.2) is 0 Å². The maximum Gasteiger partial charge on any atom is 0.338 e. The Kier molecular flexibility index (Phi) is 23.0. The molecule has 0 atom stereocenters. The zero-order valence-corrected chi connectivity index (χ0v) is 32.8. The fourth-order valence-corrected chi connectivity index (χ4v) is 4.39. The number of aliphatic carboxylic acids is 3. The van der Waals surface area contributed by atoms with Gasteiger partial charge in [-0.05, 0) is 0 Å². The van der Waals surface area contributed by atoms with Crippen LogP contribution in [0, 0.1) is 0 Å². The van der Waals surface area contributed by atoms with Crippen LogP contribution in [0.2, 0.25) is 0 Å². The van der Waals surface area contributed by atoms with Gasteiger partial charge in [-0.15, -0.1) is 0 Å². The number of carboxylic acid groups (broad SMARTS) is 3. The molecule has 1 aliphatic rings. The fraction of sp³-hybridized carbons (Fsp3) is 0.353. The molecular weight excluding hydrogens is 876 g/mol. The van der Waals surface area contributed by atoms with Crippen molar-refractivity contribution in [2.24, 2.45) is 0 Å². The van der Waals surface area contributed by atoms with Gasteiger partial charge in [-0.2, -0.15) is 0 Å². The van der Waals surface area contributed by atoms with E-state index in [-0.39, 0.29) is 19.6 Å². The first-order valence-corrected chi connectivity index (χ1v) is 17.6. The summed E-state index contributed by atoms with van der Waals surface area (Å²) < 4.78 is 21.5. The smallest absolute Gasteiger partial charge is 0.338 e. The molecule has 0 amide bonds. The van der Waals surface area contributed by atoms with Crippen LogP contribution in [0.4, 0.5) is 0 Å². The lowest BCUT2D eigenvalue weighted by molar-refractivity contribution is -0.150. The van der Waals surface area contributed by atoms with Gasteiger partial charge in [0.2, 0.25) is 0 Å². The normalized spacial score (nSPS) is 11.7. The van der Waals surface area contributed by atoms with Crippen LogP contribution in [0.3, 0.4) is 0 Å². The molecule has 0 fully saturated rings. The van der Waals surface area contributed by atoms with Crippen LogP contribution in [0.25, 0.3) is 0 Å². The minimum absolute atomic E-state index is 0.255. The summed E-state index contributed by atoms with van der Waals surface area (Å²) in [5, 5.41) is 51.9. The molecule has 30 heteroatoms. The third-order valence-corrected chi connectivity index (χ3v) is 7.06. The van der Waals surface area contributed by atoms with E-state index in [1.54, 1.807) is 0 Å². The van der Waals surface area contributed by atoms with Gasteiger partial charge in [-0.3, -0.25) is 0 Å². The number of hydrogen-bond donors (Lipinski definition) is 6. The van der Waals surface area contributed by atoms with E-state index in [9.17, 15) is 67.1 Å². The second-order valence-corrected chi connectivity index (χ2v) is 11.4. The maximum absolute atomic E-state index is 12.8. The lowest BCUT2D eigenvalue weighted by Gasteiger charge is -2.14. The highest BCUT2D eigenvalue weighted by Gasteiger charge is 2.18. The van der Waals surface area contributed by atoms with E-state index in [1.165, 1.54) is 0 Å². The largest absolute Gasteiger partial charge is 0.478 e. The van der Waals surface area contributed by atoms with Crippen molar-refractivity contribution < 1.29 is 87.9 Å². The van der Waals surface area contributed by atoms with Gasteiger partial charge in [0.25, 0.3) is 0 Å². The summed E-state index contributed by atoms with van der Waals surface area (Å²) in [5.41, 5.74) is -6.29. The predicted molar refractivity (Wildman–Crippen MR) is 203 cm³/mol. The van der Waals surface area contributed by atoms with Crippen LogP contribution in [-0.2, 0) is 96.6 Å². The number of aliphatic hydroxyl groups is 3. The highest BCUT2D eigenvalue weighted by atomic mass is 16.6. The number of esters is 5. The molecule has 3 rings (SSSR count). The fourth-order valence-electron chi connectivity index (χ4n) is 4.39. The minimum Gasteiger partial charge on any atom is -0.478 e. The first-order valence-electron chi connectivity index (χ1n) is 17.6. The van der Waals surface area contributed by atoms with Crippen LogP contribution in [0.15, 0.2) is 77.4 Å². The number of carbonyl (C=O) groups is 8. The van der Waals surface area contributed by atoms with Gasteiger partial charge in [0, 0.05) is 48.6 Å². The van der Waals surface area contributed by atoms with Crippen molar-refractivity contribution in [3.63, 3.8) is 0 Å². The minimum atomic E-state index is -1.43. The molecule has 64 heavy (non-hydrogen) atoms. The van der Waals surface area contributed by atoms with Gasteiger partial charge in [-0.25, -0.2) is 94.5 Å². The number of aromatic nitrogens is 6. The van der Waals surface area contributed by atoms with Crippen molar-refractivity contribution in [2.45, 2.75) is 39.3 Å². The first kappa shape index (κ1) is 53.6. The maximum atomic E-state index is 12.8. The molecule has 0 bridgehead atoms. The van der Waals surface area contributed by atoms with Crippen LogP contribution in [0.1, 0.15) is 0 Å². The number of rotatable bonds is 21. The Labute approximate surface area is 353 Å². The van der Waals surface area contributed by atoms with E-state index >= 15 is 0 Å². The van der Waals surface area contributed by atoms with E-state index in [2.05, 4.69) is 4.74 Å². The molecule has 0 unspecified atom stereocenters. The van der Waals surface area contributed by atoms with E-state index in [4.69, 9.17) is 44.8 Å². The monoisotopic (exact) mass is 914 g/mol. The number of hydrogen-bond acceptors (Lipinski definition) is 21. The van der Waals surface area contributed by atoms with E-state index < -0.39 is 141 Å². The molecule has 348 valence electrons. The van der Waals surface area contributed by atoms with Crippen LogP contribution >= 0.6 is 0 Å². The first-order chi connectivity index (χ1) is 30.2. The molecule has 6 N–H and O–H groups in total. The number of ether oxygens (including phenoxy) is 4. The Balaban J connectivity index is 0.000000664. The molecule has 0 aromatic carbocycles. The highest BCUT2D eigenvalue weighted by Crippen LogP contribution is 1.93. The molecule has 0 spiro atoms. The third-order valence-electron chi connectivity index (χ3n) is 7.06. The van der Waals surface area contributed by atoms with Gasteiger partial charge >= 0.3 is 81.9 Å². The molecule has 1 aliphatic heterocycles. The Morgan fingerprint density at radius 1 is 0.406 bits per heavy atom. The van der Waals surface area contributed by atoms with Crippen molar-refractivity contribution in [1.82, 2.24) is 27.4 Å². The predicted octanol–water partition coefficient (Wildman–Crippen LogP) is -7.50.